The number of thioether (sulfide) groups is 1. The van der Waals surface area contributed by atoms with Crippen molar-refractivity contribution in [3.05, 3.63) is 35.4 Å². The van der Waals surface area contributed by atoms with Gasteiger partial charge in [0, 0.05) is 31.0 Å². The molecular weight excluding hydrogens is 292 g/mol. The van der Waals surface area contributed by atoms with E-state index in [0.717, 1.165) is 6.54 Å². The van der Waals surface area contributed by atoms with Crippen molar-refractivity contribution in [2.45, 2.75) is 24.5 Å². The van der Waals surface area contributed by atoms with E-state index in [2.05, 4.69) is 15.6 Å². The van der Waals surface area contributed by atoms with Crippen LogP contribution >= 0.6 is 11.8 Å². The first-order valence-corrected chi connectivity index (χ1v) is 8.24. The lowest BCUT2D eigenvalue weighted by atomic mass is 10.1. The predicted octanol–water partition coefficient (Wildman–Crippen LogP) is 2.57. The highest BCUT2D eigenvalue weighted by atomic mass is 32.2. The minimum Gasteiger partial charge on any atom is -0.356 e. The summed E-state index contributed by atoms with van der Waals surface area (Å²) in [6.45, 7) is 1.31. The molecule has 0 spiro atoms. The van der Waals surface area contributed by atoms with Crippen molar-refractivity contribution in [2.24, 2.45) is 4.99 Å². The number of nitrogens with zero attached hydrogens (tertiary/aromatic N) is 1. The fourth-order valence-corrected chi connectivity index (χ4v) is 3.51. The van der Waals surface area contributed by atoms with Gasteiger partial charge in [0.05, 0.1) is 0 Å². The number of guanidine groups is 1. The molecule has 1 aliphatic rings. The first-order valence-electron chi connectivity index (χ1n) is 7.19. The molecule has 2 N–H and O–H groups in total. The van der Waals surface area contributed by atoms with Crippen molar-refractivity contribution in [3.63, 3.8) is 0 Å². The zero-order valence-electron chi connectivity index (χ0n) is 12.2. The number of halogens is 2. The Kier molecular flexibility index (Phi) is 6.29. The monoisotopic (exact) mass is 313 g/mol. The Balaban J connectivity index is 1.75. The van der Waals surface area contributed by atoms with E-state index >= 15 is 0 Å². The van der Waals surface area contributed by atoms with Crippen LogP contribution in [0.1, 0.15) is 18.4 Å². The molecule has 1 heterocycles. The molecule has 0 amide bonds. The van der Waals surface area contributed by atoms with Crippen LogP contribution < -0.4 is 10.6 Å². The lowest BCUT2D eigenvalue weighted by Gasteiger charge is -2.15. The Hall–Kier alpha value is -1.30. The van der Waals surface area contributed by atoms with Gasteiger partial charge in [0.15, 0.2) is 5.96 Å². The summed E-state index contributed by atoms with van der Waals surface area (Å²) in [4.78, 5) is 4.12. The predicted molar refractivity (Wildman–Crippen MR) is 84.9 cm³/mol. The van der Waals surface area contributed by atoms with Gasteiger partial charge in [0.1, 0.15) is 11.6 Å². The summed E-state index contributed by atoms with van der Waals surface area (Å²) in [5.74, 6) is 0.911. The van der Waals surface area contributed by atoms with E-state index in [0.29, 0.717) is 17.8 Å². The van der Waals surface area contributed by atoms with E-state index in [1.54, 1.807) is 7.05 Å². The van der Waals surface area contributed by atoms with Gasteiger partial charge in [-0.1, -0.05) is 6.07 Å². The molecule has 0 radical (unpaired) electrons. The van der Waals surface area contributed by atoms with Crippen LogP contribution in [0.25, 0.3) is 0 Å². The van der Waals surface area contributed by atoms with Crippen LogP contribution in [0.15, 0.2) is 23.2 Å². The normalized spacial score (nSPS) is 18.8. The average molecular weight is 313 g/mol. The maximum absolute atomic E-state index is 13.5. The quantitative estimate of drug-likeness (QED) is 0.648. The molecule has 21 heavy (non-hydrogen) atoms. The van der Waals surface area contributed by atoms with Crippen molar-refractivity contribution in [1.29, 1.82) is 0 Å². The minimum absolute atomic E-state index is 0.117. The number of aliphatic imine (C=N–C) groups is 1. The highest BCUT2D eigenvalue weighted by Gasteiger charge is 2.15. The molecule has 0 aliphatic carbocycles. The Morgan fingerprint density at radius 2 is 2.10 bits per heavy atom. The zero-order valence-corrected chi connectivity index (χ0v) is 13.0. The fraction of sp³-hybridized carbons (Fsp3) is 0.533. The molecule has 1 fully saturated rings. The molecule has 1 atom stereocenters. The van der Waals surface area contributed by atoms with Gasteiger partial charge in [-0.3, -0.25) is 4.99 Å². The zero-order chi connectivity index (χ0) is 15.1. The van der Waals surface area contributed by atoms with Gasteiger partial charge < -0.3 is 10.6 Å². The van der Waals surface area contributed by atoms with E-state index in [-0.39, 0.29) is 12.0 Å². The first kappa shape index (κ1) is 16.1. The van der Waals surface area contributed by atoms with Gasteiger partial charge in [0.25, 0.3) is 0 Å². The standard InChI is InChI=1S/C15H21F2N3S/c1-18-15(20-10-11-4-3-9-21-11)19-8-7-12-13(16)5-2-6-14(12)17/h2,5-6,11H,3-4,7-10H2,1H3,(H2,18,19,20). The van der Waals surface area contributed by atoms with Crippen molar-refractivity contribution >= 4 is 17.7 Å². The number of rotatable bonds is 5. The summed E-state index contributed by atoms with van der Waals surface area (Å²) in [6.07, 6.45) is 2.79. The second-order valence-corrected chi connectivity index (χ2v) is 6.37. The van der Waals surface area contributed by atoms with Crippen molar-refractivity contribution in [2.75, 3.05) is 25.9 Å². The largest absolute Gasteiger partial charge is 0.356 e. The first-order chi connectivity index (χ1) is 10.2. The summed E-state index contributed by atoms with van der Waals surface area (Å²) in [6, 6.07) is 3.94. The Morgan fingerprint density at radius 3 is 2.71 bits per heavy atom. The van der Waals surface area contributed by atoms with Crippen LogP contribution in [0, 0.1) is 11.6 Å². The average Bonchev–Trinajstić information content (AvgIpc) is 2.98. The second kappa shape index (κ2) is 8.22. The molecule has 1 saturated heterocycles. The van der Waals surface area contributed by atoms with E-state index in [4.69, 9.17) is 0 Å². The highest BCUT2D eigenvalue weighted by Crippen LogP contribution is 2.25. The van der Waals surface area contributed by atoms with Crippen LogP contribution in [0.3, 0.4) is 0 Å². The van der Waals surface area contributed by atoms with Gasteiger partial charge in [-0.25, -0.2) is 8.78 Å². The van der Waals surface area contributed by atoms with Gasteiger partial charge in [0.2, 0.25) is 0 Å². The van der Waals surface area contributed by atoms with Gasteiger partial charge in [-0.15, -0.1) is 0 Å². The lowest BCUT2D eigenvalue weighted by Crippen LogP contribution is -2.41. The third-order valence-electron chi connectivity index (χ3n) is 3.47. The third-order valence-corrected chi connectivity index (χ3v) is 4.87. The lowest BCUT2D eigenvalue weighted by molar-refractivity contribution is 0.553. The number of benzene rings is 1. The molecule has 0 aromatic heterocycles. The summed E-state index contributed by atoms with van der Waals surface area (Å²) in [5, 5.41) is 6.98. The number of nitrogens with one attached hydrogen (secondary N) is 2. The number of hydrogen-bond acceptors (Lipinski definition) is 2. The van der Waals surface area contributed by atoms with E-state index in [1.165, 1.54) is 36.8 Å². The van der Waals surface area contributed by atoms with Crippen LogP contribution in [-0.2, 0) is 6.42 Å². The Bertz CT molecular complexity index is 468. The fourth-order valence-electron chi connectivity index (χ4n) is 2.31. The molecule has 3 nitrogen and oxygen atoms in total. The molecule has 0 bridgehead atoms. The van der Waals surface area contributed by atoms with Crippen LogP contribution in [0.5, 0.6) is 0 Å². The number of hydrogen-bond donors (Lipinski definition) is 2. The Morgan fingerprint density at radius 1 is 1.33 bits per heavy atom. The molecule has 2 rings (SSSR count). The molecule has 1 aromatic carbocycles. The molecule has 6 heteroatoms. The van der Waals surface area contributed by atoms with Crippen molar-refractivity contribution in [1.82, 2.24) is 10.6 Å². The summed E-state index contributed by atoms with van der Waals surface area (Å²) in [7, 11) is 1.70. The maximum Gasteiger partial charge on any atom is 0.191 e. The summed E-state index contributed by atoms with van der Waals surface area (Å²) < 4.78 is 27.0. The molecule has 1 aromatic rings. The van der Waals surface area contributed by atoms with E-state index in [1.807, 2.05) is 11.8 Å². The topological polar surface area (TPSA) is 36.4 Å². The molecule has 116 valence electrons. The molecule has 1 aliphatic heterocycles. The Labute approximate surface area is 128 Å². The van der Waals surface area contributed by atoms with E-state index in [9.17, 15) is 8.78 Å². The van der Waals surface area contributed by atoms with Crippen LogP contribution in [0.2, 0.25) is 0 Å². The van der Waals surface area contributed by atoms with Crippen LogP contribution in [0.4, 0.5) is 8.78 Å². The summed E-state index contributed by atoms with van der Waals surface area (Å²) >= 11 is 1.98. The third kappa shape index (κ3) is 4.88. The van der Waals surface area contributed by atoms with Gasteiger partial charge in [-0.05, 0) is 37.1 Å². The molecule has 1 unspecified atom stereocenters. The second-order valence-electron chi connectivity index (χ2n) is 4.97. The molecule has 0 saturated carbocycles. The maximum atomic E-state index is 13.5. The van der Waals surface area contributed by atoms with Gasteiger partial charge >= 0.3 is 0 Å². The van der Waals surface area contributed by atoms with Crippen LogP contribution in [-0.4, -0.2) is 37.1 Å². The highest BCUT2D eigenvalue weighted by molar-refractivity contribution is 8.00. The summed E-state index contributed by atoms with van der Waals surface area (Å²) in [5.41, 5.74) is 0.117. The SMILES string of the molecule is CN=C(NCCc1c(F)cccc1F)NCC1CCCS1. The van der Waals surface area contributed by atoms with Gasteiger partial charge in [-0.2, -0.15) is 11.8 Å². The molecular formula is C15H21F2N3S. The van der Waals surface area contributed by atoms with E-state index < -0.39 is 11.6 Å². The smallest absolute Gasteiger partial charge is 0.191 e. The van der Waals surface area contributed by atoms with Crippen molar-refractivity contribution < 1.29 is 8.78 Å². The minimum atomic E-state index is -0.498. The van der Waals surface area contributed by atoms with Crippen molar-refractivity contribution in [3.8, 4) is 0 Å².